The van der Waals surface area contributed by atoms with Gasteiger partial charge in [0.25, 0.3) is 0 Å². The van der Waals surface area contributed by atoms with Crippen molar-refractivity contribution in [3.63, 3.8) is 0 Å². The minimum Gasteiger partial charge on any atom is -0.355 e. The Hall–Kier alpha value is -2.13. The van der Waals surface area contributed by atoms with Gasteiger partial charge in [0.1, 0.15) is 5.01 Å². The van der Waals surface area contributed by atoms with Crippen molar-refractivity contribution in [2.75, 3.05) is 20.6 Å². The molecule has 0 spiro atoms. The second kappa shape index (κ2) is 9.70. The number of nitrogens with one attached hydrogen (secondary N) is 2. The maximum Gasteiger partial charge on any atom is 0.434 e. The number of nitrogens with zero attached hydrogens (tertiary/aromatic N) is 3. The molecule has 0 amide bonds. The van der Waals surface area contributed by atoms with E-state index in [2.05, 4.69) is 44.6 Å². The molecule has 0 bridgehead atoms. The summed E-state index contributed by atoms with van der Waals surface area (Å²) in [7, 11) is 3.67. The molecule has 2 aromatic rings. The van der Waals surface area contributed by atoms with E-state index in [0.29, 0.717) is 17.5 Å². The molecule has 0 radical (unpaired) electrons. The average molecular weight is 399 g/mol. The molecule has 1 aromatic heterocycles. The van der Waals surface area contributed by atoms with Crippen molar-refractivity contribution in [1.29, 1.82) is 0 Å². The van der Waals surface area contributed by atoms with Crippen molar-refractivity contribution in [2.24, 2.45) is 4.99 Å². The van der Waals surface area contributed by atoms with Gasteiger partial charge in [0.2, 0.25) is 0 Å². The number of hydrogen-bond donors (Lipinski definition) is 2. The van der Waals surface area contributed by atoms with Crippen LogP contribution in [0.25, 0.3) is 0 Å². The van der Waals surface area contributed by atoms with E-state index in [0.717, 1.165) is 23.3 Å². The molecular formula is C18H24F3N5S. The molecule has 27 heavy (non-hydrogen) atoms. The van der Waals surface area contributed by atoms with Gasteiger partial charge in [-0.05, 0) is 19.5 Å². The van der Waals surface area contributed by atoms with Gasteiger partial charge in [0.15, 0.2) is 11.7 Å². The molecule has 0 aliphatic rings. The second-order valence-corrected chi connectivity index (χ2v) is 7.12. The predicted molar refractivity (Wildman–Crippen MR) is 103 cm³/mol. The molecule has 0 aliphatic heterocycles. The number of aliphatic imine (C=N–C) groups is 1. The van der Waals surface area contributed by atoms with Gasteiger partial charge in [-0.25, -0.2) is 4.98 Å². The zero-order valence-corrected chi connectivity index (χ0v) is 16.4. The normalized spacial score (nSPS) is 13.7. The van der Waals surface area contributed by atoms with Gasteiger partial charge in [-0.3, -0.25) is 9.89 Å². The van der Waals surface area contributed by atoms with Crippen LogP contribution in [0.3, 0.4) is 0 Å². The summed E-state index contributed by atoms with van der Waals surface area (Å²) in [5.41, 5.74) is 0.377. The third-order valence-corrected chi connectivity index (χ3v) is 4.91. The highest BCUT2D eigenvalue weighted by Gasteiger charge is 2.33. The van der Waals surface area contributed by atoms with Crippen LogP contribution in [0.1, 0.15) is 23.2 Å². The van der Waals surface area contributed by atoms with Crippen LogP contribution in [0.4, 0.5) is 13.2 Å². The first-order valence-corrected chi connectivity index (χ1v) is 9.38. The number of alkyl halides is 3. The van der Waals surface area contributed by atoms with Crippen LogP contribution in [-0.2, 0) is 19.3 Å². The summed E-state index contributed by atoms with van der Waals surface area (Å²) in [6, 6.07) is 10.4. The highest BCUT2D eigenvalue weighted by molar-refractivity contribution is 7.09. The molecule has 1 unspecified atom stereocenters. The topological polar surface area (TPSA) is 52.6 Å². The fourth-order valence-corrected chi connectivity index (χ4v) is 3.07. The van der Waals surface area contributed by atoms with E-state index in [1.54, 1.807) is 7.05 Å². The van der Waals surface area contributed by atoms with E-state index in [1.807, 2.05) is 25.2 Å². The number of guanidine groups is 1. The molecule has 1 heterocycles. The molecular weight excluding hydrogens is 375 g/mol. The highest BCUT2D eigenvalue weighted by atomic mass is 32.1. The third-order valence-electron chi connectivity index (χ3n) is 4.07. The number of aromatic nitrogens is 1. The maximum absolute atomic E-state index is 12.6. The lowest BCUT2D eigenvalue weighted by molar-refractivity contribution is -0.140. The number of hydrogen-bond acceptors (Lipinski definition) is 4. The summed E-state index contributed by atoms with van der Waals surface area (Å²) >= 11 is 0.975. The molecule has 1 atom stereocenters. The van der Waals surface area contributed by atoms with Crippen LogP contribution in [-0.4, -0.2) is 42.5 Å². The van der Waals surface area contributed by atoms with Gasteiger partial charge in [-0.1, -0.05) is 30.3 Å². The molecule has 9 heteroatoms. The lowest BCUT2D eigenvalue weighted by Gasteiger charge is -2.25. The minimum absolute atomic E-state index is 0.189. The largest absolute Gasteiger partial charge is 0.434 e. The Morgan fingerprint density at radius 2 is 1.96 bits per heavy atom. The minimum atomic E-state index is -4.41. The first-order chi connectivity index (χ1) is 12.8. The molecule has 0 fully saturated rings. The monoisotopic (exact) mass is 399 g/mol. The van der Waals surface area contributed by atoms with E-state index in [1.165, 1.54) is 5.56 Å². The summed E-state index contributed by atoms with van der Waals surface area (Å²) in [6.07, 6.45) is -4.41. The van der Waals surface area contributed by atoms with Crippen LogP contribution in [0, 0.1) is 0 Å². The molecule has 5 nitrogen and oxygen atoms in total. The quantitative estimate of drug-likeness (QED) is 0.554. The van der Waals surface area contributed by atoms with Crippen molar-refractivity contribution in [1.82, 2.24) is 20.5 Å². The highest BCUT2D eigenvalue weighted by Crippen LogP contribution is 2.29. The van der Waals surface area contributed by atoms with Crippen molar-refractivity contribution < 1.29 is 13.2 Å². The third kappa shape index (κ3) is 6.84. The standard InChI is InChI=1S/C18H24F3N5S/c1-13(26(3)11-14-7-5-4-6-8-14)9-23-17(22-2)24-10-16-25-15(12-27-16)18(19,20)21/h4-8,12-13H,9-11H2,1-3H3,(H2,22,23,24). The summed E-state index contributed by atoms with van der Waals surface area (Å²) < 4.78 is 37.8. The van der Waals surface area contributed by atoms with E-state index < -0.39 is 11.9 Å². The van der Waals surface area contributed by atoms with E-state index in [9.17, 15) is 13.2 Å². The number of rotatable bonds is 7. The first kappa shape index (κ1) is 21.2. The summed E-state index contributed by atoms with van der Waals surface area (Å²) in [5.74, 6) is 0.527. The number of likely N-dealkylation sites (N-methyl/N-ethyl adjacent to an activating group) is 1. The lowest BCUT2D eigenvalue weighted by atomic mass is 10.2. The van der Waals surface area contributed by atoms with Gasteiger partial charge < -0.3 is 10.6 Å². The van der Waals surface area contributed by atoms with Crippen LogP contribution < -0.4 is 10.6 Å². The SMILES string of the molecule is CN=C(NCc1nc(C(F)(F)F)cs1)NCC(C)N(C)Cc1ccccc1. The van der Waals surface area contributed by atoms with Crippen molar-refractivity contribution in [2.45, 2.75) is 32.2 Å². The van der Waals surface area contributed by atoms with E-state index >= 15 is 0 Å². The van der Waals surface area contributed by atoms with E-state index in [-0.39, 0.29) is 12.6 Å². The first-order valence-electron chi connectivity index (χ1n) is 8.50. The van der Waals surface area contributed by atoms with E-state index in [4.69, 9.17) is 0 Å². The fraction of sp³-hybridized carbons (Fsp3) is 0.444. The fourth-order valence-electron chi connectivity index (χ4n) is 2.33. The Kier molecular flexibility index (Phi) is 7.61. The van der Waals surface area contributed by atoms with Crippen LogP contribution in [0.2, 0.25) is 0 Å². The number of halogens is 3. The van der Waals surface area contributed by atoms with Gasteiger partial charge in [-0.15, -0.1) is 11.3 Å². The second-order valence-electron chi connectivity index (χ2n) is 6.18. The van der Waals surface area contributed by atoms with Gasteiger partial charge in [0.05, 0.1) is 6.54 Å². The molecule has 2 N–H and O–H groups in total. The van der Waals surface area contributed by atoms with Crippen LogP contribution in [0.15, 0.2) is 40.7 Å². The molecule has 0 saturated carbocycles. The number of thiazole rings is 1. The van der Waals surface area contributed by atoms with Crippen molar-refractivity contribution in [3.8, 4) is 0 Å². The van der Waals surface area contributed by atoms with Crippen molar-refractivity contribution in [3.05, 3.63) is 52.0 Å². The van der Waals surface area contributed by atoms with Gasteiger partial charge >= 0.3 is 6.18 Å². The predicted octanol–water partition coefficient (Wildman–Crippen LogP) is 3.35. The Labute approximate surface area is 161 Å². The van der Waals surface area contributed by atoms with Gasteiger partial charge in [-0.2, -0.15) is 13.2 Å². The molecule has 2 rings (SSSR count). The zero-order chi connectivity index (χ0) is 19.9. The summed E-state index contributed by atoms with van der Waals surface area (Å²) in [5, 5.41) is 7.57. The Morgan fingerprint density at radius 3 is 2.56 bits per heavy atom. The zero-order valence-electron chi connectivity index (χ0n) is 15.5. The maximum atomic E-state index is 12.6. The van der Waals surface area contributed by atoms with Gasteiger partial charge in [0, 0.05) is 31.6 Å². The van der Waals surface area contributed by atoms with Crippen molar-refractivity contribution >= 4 is 17.3 Å². The Balaban J connectivity index is 1.78. The van der Waals surface area contributed by atoms with Crippen LogP contribution >= 0.6 is 11.3 Å². The number of benzene rings is 1. The molecule has 0 aliphatic carbocycles. The average Bonchev–Trinajstić information content (AvgIpc) is 3.12. The molecule has 148 valence electrons. The Morgan fingerprint density at radius 1 is 1.26 bits per heavy atom. The Bertz CT molecular complexity index is 730. The van der Waals surface area contributed by atoms with Crippen LogP contribution in [0.5, 0.6) is 0 Å². The molecule has 0 saturated heterocycles. The molecule has 1 aromatic carbocycles. The summed E-state index contributed by atoms with van der Waals surface area (Å²) in [6.45, 7) is 3.76. The lowest BCUT2D eigenvalue weighted by Crippen LogP contribution is -2.44. The summed E-state index contributed by atoms with van der Waals surface area (Å²) in [4.78, 5) is 9.92. The smallest absolute Gasteiger partial charge is 0.355 e.